The monoisotopic (exact) mass is 516 g/mol. The Labute approximate surface area is 222 Å². The van der Waals surface area contributed by atoms with Crippen LogP contribution >= 0.6 is 0 Å². The molecule has 0 aliphatic carbocycles. The number of carbonyl (C=O) groups excluding carboxylic acids is 1. The van der Waals surface area contributed by atoms with E-state index in [0.29, 0.717) is 46.1 Å². The number of aromatic nitrogens is 1. The predicted octanol–water partition coefficient (Wildman–Crippen LogP) is 4.16. The Bertz CT molecular complexity index is 865. The van der Waals surface area contributed by atoms with Crippen molar-refractivity contribution >= 4 is 12.1 Å². The van der Waals surface area contributed by atoms with Crippen molar-refractivity contribution in [3.8, 4) is 5.75 Å². The number of nitrogens with zero attached hydrogens (tertiary/aromatic N) is 1. The zero-order valence-corrected chi connectivity index (χ0v) is 22.7. The fourth-order valence-electron chi connectivity index (χ4n) is 3.92. The summed E-state index contributed by atoms with van der Waals surface area (Å²) in [5, 5.41) is 0. The second-order valence-corrected chi connectivity index (χ2v) is 8.96. The van der Waals surface area contributed by atoms with E-state index in [2.05, 4.69) is 28.4 Å². The number of benzene rings is 1. The van der Waals surface area contributed by atoms with Crippen LogP contribution in [0.25, 0.3) is 0 Å². The van der Waals surface area contributed by atoms with Crippen LogP contribution in [0.3, 0.4) is 0 Å². The van der Waals surface area contributed by atoms with E-state index >= 15 is 0 Å². The van der Waals surface area contributed by atoms with Gasteiger partial charge in [-0.15, -0.1) is 0 Å². The summed E-state index contributed by atoms with van der Waals surface area (Å²) in [6, 6.07) is 12.0. The van der Waals surface area contributed by atoms with Crippen LogP contribution in [0.5, 0.6) is 5.75 Å². The van der Waals surface area contributed by atoms with Gasteiger partial charge in [0.15, 0.2) is 11.9 Å². The third kappa shape index (κ3) is 14.0. The second kappa shape index (κ2) is 20.4. The van der Waals surface area contributed by atoms with Gasteiger partial charge in [0.05, 0.1) is 38.7 Å². The van der Waals surface area contributed by atoms with Crippen molar-refractivity contribution in [2.24, 2.45) is 7.05 Å². The molecule has 0 saturated heterocycles. The molecule has 2 N–H and O–H groups in total. The standard InChI is InChI=1S/C29H45N3O5/c1-3-4-5-6-7-10-17-34-18-19-35-20-21-36-22-23-37-28-14-15-29(31-30-25-33)26(24-28)12-13-27-11-8-9-16-32(27)2/h8-9,11,14-16,24-25,31H,3-7,10,12-13,17-23H2,1-2H3/p+1. The van der Waals surface area contributed by atoms with E-state index in [9.17, 15) is 4.79 Å². The Morgan fingerprint density at radius 1 is 0.811 bits per heavy atom. The first-order valence-corrected chi connectivity index (χ1v) is 13.6. The molecule has 0 unspecified atom stereocenters. The molecule has 8 nitrogen and oxygen atoms in total. The van der Waals surface area contributed by atoms with Gasteiger partial charge in [0.25, 0.3) is 0 Å². The Morgan fingerprint density at radius 2 is 1.51 bits per heavy atom. The van der Waals surface area contributed by atoms with Crippen LogP contribution in [0.15, 0.2) is 42.6 Å². The van der Waals surface area contributed by atoms with Crippen molar-refractivity contribution in [3.05, 3.63) is 53.9 Å². The van der Waals surface area contributed by atoms with Crippen molar-refractivity contribution < 1.29 is 28.3 Å². The third-order valence-corrected chi connectivity index (χ3v) is 6.04. The second-order valence-electron chi connectivity index (χ2n) is 8.96. The number of hydrogen-bond donors (Lipinski definition) is 2. The van der Waals surface area contributed by atoms with Gasteiger partial charge in [0, 0.05) is 25.2 Å². The maximum atomic E-state index is 10.7. The van der Waals surface area contributed by atoms with Gasteiger partial charge in [0.1, 0.15) is 19.4 Å². The van der Waals surface area contributed by atoms with Gasteiger partial charge in [-0.1, -0.05) is 45.1 Å². The summed E-state index contributed by atoms with van der Waals surface area (Å²) < 4.78 is 24.8. The SMILES string of the molecule is CCCCCCCCOCCOCCOCCOc1ccc(NNC=O)c(CCc2cccc[n+]2C)c1. The molecule has 1 aromatic heterocycles. The van der Waals surface area contributed by atoms with Gasteiger partial charge in [-0.3, -0.25) is 15.6 Å². The number of carbonyl (C=O) groups is 1. The van der Waals surface area contributed by atoms with Gasteiger partial charge >= 0.3 is 0 Å². The molecule has 0 spiro atoms. The predicted molar refractivity (Wildman–Crippen MR) is 146 cm³/mol. The number of pyridine rings is 1. The van der Waals surface area contributed by atoms with Crippen molar-refractivity contribution in [2.75, 3.05) is 51.7 Å². The number of hydrogen-bond acceptors (Lipinski definition) is 6. The molecule has 0 aliphatic rings. The van der Waals surface area contributed by atoms with Crippen molar-refractivity contribution in [3.63, 3.8) is 0 Å². The summed E-state index contributed by atoms with van der Waals surface area (Å²) >= 11 is 0. The molecule has 1 amide bonds. The maximum absolute atomic E-state index is 10.7. The Hall–Kier alpha value is -2.68. The first kappa shape index (κ1) is 30.5. The third-order valence-electron chi connectivity index (χ3n) is 6.04. The first-order valence-electron chi connectivity index (χ1n) is 13.6. The van der Waals surface area contributed by atoms with Crippen molar-refractivity contribution in [1.82, 2.24) is 5.43 Å². The highest BCUT2D eigenvalue weighted by atomic mass is 16.6. The average Bonchev–Trinajstić information content (AvgIpc) is 2.91. The van der Waals surface area contributed by atoms with Crippen molar-refractivity contribution in [1.29, 1.82) is 0 Å². The summed E-state index contributed by atoms with van der Waals surface area (Å²) in [6.45, 7) is 6.30. The van der Waals surface area contributed by atoms with Gasteiger partial charge in [0.2, 0.25) is 6.41 Å². The first-order chi connectivity index (χ1) is 18.2. The molecule has 0 bridgehead atoms. The number of amides is 1. The number of rotatable bonds is 23. The average molecular weight is 517 g/mol. The van der Waals surface area contributed by atoms with Crippen LogP contribution < -0.4 is 20.2 Å². The van der Waals surface area contributed by atoms with Gasteiger partial charge < -0.3 is 18.9 Å². The lowest BCUT2D eigenvalue weighted by Gasteiger charge is -2.14. The number of ether oxygens (including phenoxy) is 4. The van der Waals surface area contributed by atoms with Crippen LogP contribution in [0.4, 0.5) is 5.69 Å². The smallest absolute Gasteiger partial charge is 0.225 e. The molecule has 2 rings (SSSR count). The van der Waals surface area contributed by atoms with Gasteiger partial charge in [-0.25, -0.2) is 4.57 Å². The maximum Gasteiger partial charge on any atom is 0.225 e. The van der Waals surface area contributed by atoms with Crippen LogP contribution in [-0.2, 0) is 38.9 Å². The summed E-state index contributed by atoms with van der Waals surface area (Å²) in [6.07, 6.45) is 12.0. The van der Waals surface area contributed by atoms with Gasteiger partial charge in [-0.2, -0.15) is 0 Å². The molecule has 2 aromatic rings. The molecule has 0 fully saturated rings. The van der Waals surface area contributed by atoms with Crippen LogP contribution in [0.2, 0.25) is 0 Å². The largest absolute Gasteiger partial charge is 0.491 e. The van der Waals surface area contributed by atoms with Crippen LogP contribution in [0.1, 0.15) is 56.7 Å². The molecular weight excluding hydrogens is 470 g/mol. The number of hydrazine groups is 1. The number of nitrogens with one attached hydrogen (secondary N) is 2. The number of aryl methyl sites for hydroxylation is 3. The summed E-state index contributed by atoms with van der Waals surface area (Å²) in [4.78, 5) is 10.7. The van der Waals surface area contributed by atoms with Crippen LogP contribution in [0, 0.1) is 0 Å². The van der Waals surface area contributed by atoms with Crippen molar-refractivity contribution in [2.45, 2.75) is 58.3 Å². The fraction of sp³-hybridized carbons (Fsp3) is 0.586. The van der Waals surface area contributed by atoms with E-state index in [-0.39, 0.29) is 0 Å². The van der Waals surface area contributed by atoms with E-state index in [1.165, 1.54) is 37.8 Å². The summed E-state index contributed by atoms with van der Waals surface area (Å²) in [5.74, 6) is 0.770. The molecule has 0 aliphatic heterocycles. The number of anilines is 1. The molecule has 1 heterocycles. The molecule has 0 saturated carbocycles. The lowest BCUT2D eigenvalue weighted by molar-refractivity contribution is -0.679. The van der Waals surface area contributed by atoms with E-state index in [1.54, 1.807) is 0 Å². The highest BCUT2D eigenvalue weighted by Gasteiger charge is 2.10. The van der Waals surface area contributed by atoms with Gasteiger partial charge in [-0.05, 0) is 36.6 Å². The minimum absolute atomic E-state index is 0.452. The molecule has 0 atom stereocenters. The van der Waals surface area contributed by atoms with E-state index < -0.39 is 0 Å². The van der Waals surface area contributed by atoms with E-state index in [1.807, 2.05) is 43.6 Å². The molecule has 1 aromatic carbocycles. The molecule has 37 heavy (non-hydrogen) atoms. The minimum Gasteiger partial charge on any atom is -0.491 e. The molecule has 0 radical (unpaired) electrons. The highest BCUT2D eigenvalue weighted by Crippen LogP contribution is 2.23. The van der Waals surface area contributed by atoms with E-state index in [0.717, 1.165) is 42.9 Å². The zero-order valence-electron chi connectivity index (χ0n) is 22.7. The highest BCUT2D eigenvalue weighted by molar-refractivity contribution is 5.58. The fourth-order valence-corrected chi connectivity index (χ4v) is 3.92. The lowest BCUT2D eigenvalue weighted by Crippen LogP contribution is -2.33. The minimum atomic E-state index is 0.452. The normalized spacial score (nSPS) is 10.9. The quantitative estimate of drug-likeness (QED) is 0.0999. The Morgan fingerprint density at radius 3 is 2.24 bits per heavy atom. The molecule has 206 valence electrons. The summed E-state index contributed by atoms with van der Waals surface area (Å²) in [5.41, 5.74) is 8.59. The summed E-state index contributed by atoms with van der Waals surface area (Å²) in [7, 11) is 2.04. The lowest BCUT2D eigenvalue weighted by atomic mass is 10.1. The Kier molecular flexibility index (Phi) is 16.8. The Balaban J connectivity index is 1.57. The topological polar surface area (TPSA) is 81.9 Å². The van der Waals surface area contributed by atoms with E-state index in [4.69, 9.17) is 18.9 Å². The zero-order chi connectivity index (χ0) is 26.4. The molecular formula is C29H46N3O5+. The molecule has 8 heteroatoms. The number of unbranched alkanes of at least 4 members (excludes halogenated alkanes) is 5. The van der Waals surface area contributed by atoms with Crippen LogP contribution in [-0.4, -0.2) is 52.7 Å².